The van der Waals surface area contributed by atoms with Crippen molar-refractivity contribution in [2.45, 2.75) is 18.9 Å². The number of benzene rings is 1. The molecule has 1 unspecified atom stereocenters. The van der Waals surface area contributed by atoms with Gasteiger partial charge in [-0.15, -0.1) is 11.6 Å². The smallest absolute Gasteiger partial charge is 0.161 e. The first kappa shape index (κ1) is 13.5. The summed E-state index contributed by atoms with van der Waals surface area (Å²) in [4.78, 5) is 2.18. The van der Waals surface area contributed by atoms with E-state index in [9.17, 15) is 0 Å². The molecule has 0 radical (unpaired) electrons. The second-order valence-corrected chi connectivity index (χ2v) is 5.09. The fraction of sp³-hybridized carbons (Fsp3) is 0.571. The lowest BCUT2D eigenvalue weighted by Gasteiger charge is -2.24. The van der Waals surface area contributed by atoms with Crippen LogP contribution in [0.5, 0.6) is 11.5 Å². The highest BCUT2D eigenvalue weighted by molar-refractivity contribution is 6.17. The molecule has 0 spiro atoms. The van der Waals surface area contributed by atoms with E-state index in [2.05, 4.69) is 31.1 Å². The number of rotatable bonds is 4. The van der Waals surface area contributed by atoms with Crippen molar-refractivity contribution in [1.29, 1.82) is 0 Å². The quantitative estimate of drug-likeness (QED) is 0.784. The van der Waals surface area contributed by atoms with Crippen molar-refractivity contribution < 1.29 is 9.47 Å². The summed E-state index contributed by atoms with van der Waals surface area (Å²) < 4.78 is 11.4. The molecule has 4 heteroatoms. The third-order valence-corrected chi connectivity index (χ3v) is 3.38. The topological polar surface area (TPSA) is 21.7 Å². The lowest BCUT2D eigenvalue weighted by Crippen LogP contribution is -2.20. The van der Waals surface area contributed by atoms with Gasteiger partial charge in [0.25, 0.3) is 0 Å². The minimum Gasteiger partial charge on any atom is -0.490 e. The van der Waals surface area contributed by atoms with Crippen molar-refractivity contribution in [2.24, 2.45) is 0 Å². The second-order valence-electron chi connectivity index (χ2n) is 4.71. The summed E-state index contributed by atoms with van der Waals surface area (Å²) in [6, 6.07) is 6.50. The van der Waals surface area contributed by atoms with Gasteiger partial charge in [-0.05, 0) is 38.2 Å². The van der Waals surface area contributed by atoms with E-state index in [-0.39, 0.29) is 0 Å². The van der Waals surface area contributed by atoms with Crippen molar-refractivity contribution in [2.75, 3.05) is 33.2 Å². The Hall–Kier alpha value is -0.930. The van der Waals surface area contributed by atoms with E-state index >= 15 is 0 Å². The Labute approximate surface area is 114 Å². The van der Waals surface area contributed by atoms with Gasteiger partial charge in [0.2, 0.25) is 0 Å². The van der Waals surface area contributed by atoms with Gasteiger partial charge in [0.1, 0.15) is 0 Å². The molecule has 0 aliphatic carbocycles. The van der Waals surface area contributed by atoms with Crippen molar-refractivity contribution in [3.8, 4) is 11.5 Å². The summed E-state index contributed by atoms with van der Waals surface area (Å²) in [7, 11) is 4.14. The molecule has 2 rings (SSSR count). The number of alkyl halides is 1. The molecule has 0 amide bonds. The first-order valence-electron chi connectivity index (χ1n) is 6.34. The number of hydrogen-bond acceptors (Lipinski definition) is 3. The Bertz CT molecular complexity index is 395. The fourth-order valence-corrected chi connectivity index (χ4v) is 2.42. The molecule has 1 aromatic rings. The van der Waals surface area contributed by atoms with Crippen LogP contribution in [0.15, 0.2) is 18.2 Å². The van der Waals surface area contributed by atoms with Gasteiger partial charge in [-0.1, -0.05) is 6.07 Å². The molecule has 1 heterocycles. The van der Waals surface area contributed by atoms with Gasteiger partial charge in [-0.25, -0.2) is 0 Å². The molecule has 1 aliphatic rings. The Morgan fingerprint density at radius 1 is 1.22 bits per heavy atom. The molecule has 0 bridgehead atoms. The molecule has 1 aromatic carbocycles. The summed E-state index contributed by atoms with van der Waals surface area (Å²) in [5.74, 6) is 2.35. The molecule has 0 N–H and O–H groups in total. The van der Waals surface area contributed by atoms with Crippen LogP contribution >= 0.6 is 11.6 Å². The van der Waals surface area contributed by atoms with Crippen LogP contribution in [0.3, 0.4) is 0 Å². The highest BCUT2D eigenvalue weighted by atomic mass is 35.5. The van der Waals surface area contributed by atoms with Crippen LogP contribution in [0.4, 0.5) is 0 Å². The lowest BCUT2D eigenvalue weighted by molar-refractivity contribution is 0.289. The predicted octanol–water partition coefficient (Wildman–Crippen LogP) is 3.08. The van der Waals surface area contributed by atoms with Crippen LogP contribution < -0.4 is 9.47 Å². The van der Waals surface area contributed by atoms with Crippen LogP contribution in [-0.2, 0) is 0 Å². The number of fused-ring (bicyclic) bond motifs is 1. The van der Waals surface area contributed by atoms with E-state index in [1.165, 1.54) is 5.56 Å². The van der Waals surface area contributed by atoms with Crippen LogP contribution in [-0.4, -0.2) is 38.1 Å². The van der Waals surface area contributed by atoms with Crippen LogP contribution in [0.1, 0.15) is 24.4 Å². The van der Waals surface area contributed by atoms with Crippen molar-refractivity contribution in [1.82, 2.24) is 4.90 Å². The largest absolute Gasteiger partial charge is 0.490 e. The van der Waals surface area contributed by atoms with Crippen molar-refractivity contribution in [3.05, 3.63) is 23.8 Å². The first-order valence-corrected chi connectivity index (χ1v) is 6.87. The van der Waals surface area contributed by atoms with Gasteiger partial charge in [0.15, 0.2) is 11.5 Å². The van der Waals surface area contributed by atoms with Gasteiger partial charge < -0.3 is 14.4 Å². The molecule has 0 saturated carbocycles. The summed E-state index contributed by atoms with van der Waals surface area (Å²) in [5.41, 5.74) is 1.23. The molecule has 1 aliphatic heterocycles. The van der Waals surface area contributed by atoms with E-state index in [4.69, 9.17) is 21.1 Å². The molecular formula is C14H20ClNO2. The number of hydrogen-bond donors (Lipinski definition) is 0. The van der Waals surface area contributed by atoms with Gasteiger partial charge in [-0.2, -0.15) is 0 Å². The van der Waals surface area contributed by atoms with Gasteiger partial charge in [0.05, 0.1) is 13.2 Å². The van der Waals surface area contributed by atoms with Gasteiger partial charge in [-0.3, -0.25) is 0 Å². The monoisotopic (exact) mass is 269 g/mol. The third-order valence-electron chi connectivity index (χ3n) is 3.16. The summed E-state index contributed by atoms with van der Waals surface area (Å²) in [6.45, 7) is 1.45. The minimum absolute atomic E-state index is 0.319. The highest BCUT2D eigenvalue weighted by Crippen LogP contribution is 2.34. The standard InChI is InChI=1S/C14H20ClNO2/c1-16(2)12(6-7-15)11-4-5-13-14(10-11)18-9-3-8-17-13/h4-5,10,12H,3,6-9H2,1-2H3. The zero-order chi connectivity index (χ0) is 13.0. The third kappa shape index (κ3) is 3.09. The molecule has 0 aromatic heterocycles. The van der Waals surface area contributed by atoms with E-state index in [1.807, 2.05) is 6.07 Å². The Kier molecular flexibility index (Phi) is 4.72. The number of halogens is 1. The average Bonchev–Trinajstić information content (AvgIpc) is 2.59. The summed E-state index contributed by atoms with van der Waals surface area (Å²) in [5, 5.41) is 0. The SMILES string of the molecule is CN(C)C(CCCl)c1ccc2c(c1)OCCCO2. The lowest BCUT2D eigenvalue weighted by atomic mass is 10.0. The van der Waals surface area contributed by atoms with Gasteiger partial charge in [0, 0.05) is 18.3 Å². The maximum atomic E-state index is 5.88. The van der Waals surface area contributed by atoms with E-state index < -0.39 is 0 Å². The zero-order valence-electron chi connectivity index (χ0n) is 11.0. The van der Waals surface area contributed by atoms with E-state index in [0.29, 0.717) is 11.9 Å². The average molecular weight is 270 g/mol. The number of nitrogens with zero attached hydrogens (tertiary/aromatic N) is 1. The molecule has 100 valence electrons. The Morgan fingerprint density at radius 3 is 2.61 bits per heavy atom. The van der Waals surface area contributed by atoms with Gasteiger partial charge >= 0.3 is 0 Å². The molecule has 3 nitrogen and oxygen atoms in total. The molecule has 0 saturated heterocycles. The highest BCUT2D eigenvalue weighted by Gasteiger charge is 2.17. The Balaban J connectivity index is 2.25. The molecule has 18 heavy (non-hydrogen) atoms. The zero-order valence-corrected chi connectivity index (χ0v) is 11.7. The van der Waals surface area contributed by atoms with E-state index in [1.54, 1.807) is 0 Å². The Morgan fingerprint density at radius 2 is 1.94 bits per heavy atom. The van der Waals surface area contributed by atoms with E-state index in [0.717, 1.165) is 37.6 Å². The second kappa shape index (κ2) is 6.30. The number of ether oxygens (including phenoxy) is 2. The molecule has 1 atom stereocenters. The van der Waals surface area contributed by atoms with Crippen LogP contribution in [0, 0.1) is 0 Å². The van der Waals surface area contributed by atoms with Crippen molar-refractivity contribution in [3.63, 3.8) is 0 Å². The molecule has 0 fully saturated rings. The molecular weight excluding hydrogens is 250 g/mol. The summed E-state index contributed by atoms with van der Waals surface area (Å²) in [6.07, 6.45) is 1.86. The predicted molar refractivity (Wildman–Crippen MR) is 73.8 cm³/mol. The van der Waals surface area contributed by atoms with Crippen LogP contribution in [0.25, 0.3) is 0 Å². The normalized spacial score (nSPS) is 16.4. The summed E-state index contributed by atoms with van der Waals surface area (Å²) >= 11 is 5.88. The maximum absolute atomic E-state index is 5.88. The fourth-order valence-electron chi connectivity index (χ4n) is 2.21. The minimum atomic E-state index is 0.319. The van der Waals surface area contributed by atoms with Crippen LogP contribution in [0.2, 0.25) is 0 Å². The maximum Gasteiger partial charge on any atom is 0.161 e. The van der Waals surface area contributed by atoms with Crippen molar-refractivity contribution >= 4 is 11.6 Å². The first-order chi connectivity index (χ1) is 8.72.